The van der Waals surface area contributed by atoms with E-state index in [-0.39, 0.29) is 0 Å². The summed E-state index contributed by atoms with van der Waals surface area (Å²) in [6, 6.07) is 18.1. The number of rotatable bonds is 6. The van der Waals surface area contributed by atoms with Gasteiger partial charge in [-0.3, -0.25) is 0 Å². The summed E-state index contributed by atoms with van der Waals surface area (Å²) >= 11 is 6.69. The first-order chi connectivity index (χ1) is 12.7. The standard InChI is InChI=1S/C24H30ClN/c1-17(26-16-18-8-4-2-5-9-18)22-15-23(22)20-12-13-21(24(25)14-20)19-10-6-3-7-11-19/h2,4-5,8-9,12-14,17,19,22-23,26H,3,6-7,10-11,15-16H2,1H3. The summed E-state index contributed by atoms with van der Waals surface area (Å²) in [5.41, 5.74) is 4.19. The molecule has 2 aliphatic carbocycles. The third kappa shape index (κ3) is 4.15. The Morgan fingerprint density at radius 1 is 1.04 bits per heavy atom. The quantitative estimate of drug-likeness (QED) is 0.601. The molecule has 1 nitrogen and oxygen atoms in total. The zero-order valence-electron chi connectivity index (χ0n) is 15.8. The van der Waals surface area contributed by atoms with Crippen molar-refractivity contribution in [1.29, 1.82) is 0 Å². The van der Waals surface area contributed by atoms with E-state index in [2.05, 4.69) is 60.8 Å². The predicted molar refractivity (Wildman–Crippen MR) is 111 cm³/mol. The highest BCUT2D eigenvalue weighted by molar-refractivity contribution is 6.31. The highest BCUT2D eigenvalue weighted by atomic mass is 35.5. The van der Waals surface area contributed by atoms with Crippen molar-refractivity contribution in [2.75, 3.05) is 0 Å². The van der Waals surface area contributed by atoms with Gasteiger partial charge in [0.1, 0.15) is 0 Å². The van der Waals surface area contributed by atoms with Crippen molar-refractivity contribution in [2.45, 2.75) is 69.9 Å². The Morgan fingerprint density at radius 2 is 1.81 bits per heavy atom. The maximum Gasteiger partial charge on any atom is 0.0443 e. The molecule has 2 aromatic rings. The average molecular weight is 368 g/mol. The van der Waals surface area contributed by atoms with Crippen LogP contribution in [0.15, 0.2) is 48.5 Å². The van der Waals surface area contributed by atoms with Crippen molar-refractivity contribution in [3.05, 3.63) is 70.2 Å². The van der Waals surface area contributed by atoms with E-state index in [9.17, 15) is 0 Å². The van der Waals surface area contributed by atoms with E-state index >= 15 is 0 Å². The number of hydrogen-bond donors (Lipinski definition) is 1. The normalized spacial score (nSPS) is 24.4. The first kappa shape index (κ1) is 18.1. The topological polar surface area (TPSA) is 12.0 Å². The summed E-state index contributed by atoms with van der Waals surface area (Å²) in [5.74, 6) is 2.09. The minimum Gasteiger partial charge on any atom is -0.310 e. The van der Waals surface area contributed by atoms with E-state index in [0.29, 0.717) is 17.9 Å². The van der Waals surface area contributed by atoms with Crippen LogP contribution < -0.4 is 5.32 Å². The Balaban J connectivity index is 1.34. The van der Waals surface area contributed by atoms with Crippen LogP contribution in [0, 0.1) is 5.92 Å². The molecule has 3 unspecified atom stereocenters. The average Bonchev–Trinajstić information content (AvgIpc) is 3.48. The molecule has 0 aliphatic heterocycles. The van der Waals surface area contributed by atoms with Crippen molar-refractivity contribution in [1.82, 2.24) is 5.32 Å². The van der Waals surface area contributed by atoms with Gasteiger partial charge in [0, 0.05) is 17.6 Å². The molecule has 0 bridgehead atoms. The van der Waals surface area contributed by atoms with Gasteiger partial charge in [-0.05, 0) is 66.7 Å². The number of benzene rings is 2. The summed E-state index contributed by atoms with van der Waals surface area (Å²) in [6.07, 6.45) is 8.01. The second kappa shape index (κ2) is 8.15. The van der Waals surface area contributed by atoms with Gasteiger partial charge in [0.05, 0.1) is 0 Å². The van der Waals surface area contributed by atoms with Crippen molar-refractivity contribution < 1.29 is 0 Å². The Kier molecular flexibility index (Phi) is 5.66. The molecule has 0 heterocycles. The molecule has 3 atom stereocenters. The fourth-order valence-corrected chi connectivity index (χ4v) is 5.04. The molecule has 2 fully saturated rings. The Bertz CT molecular complexity index is 720. The molecule has 4 rings (SSSR count). The zero-order chi connectivity index (χ0) is 17.9. The van der Waals surface area contributed by atoms with E-state index in [1.54, 1.807) is 0 Å². The van der Waals surface area contributed by atoms with Crippen molar-refractivity contribution in [2.24, 2.45) is 5.92 Å². The van der Waals surface area contributed by atoms with Crippen molar-refractivity contribution in [3.8, 4) is 0 Å². The Morgan fingerprint density at radius 3 is 2.54 bits per heavy atom. The lowest BCUT2D eigenvalue weighted by molar-refractivity contribution is 0.443. The fourth-order valence-electron chi connectivity index (χ4n) is 4.70. The smallest absolute Gasteiger partial charge is 0.0443 e. The Labute approximate surface area is 163 Å². The highest BCUT2D eigenvalue weighted by Crippen LogP contribution is 2.50. The van der Waals surface area contributed by atoms with Gasteiger partial charge >= 0.3 is 0 Å². The number of nitrogens with one attached hydrogen (secondary N) is 1. The van der Waals surface area contributed by atoms with Crippen LogP contribution >= 0.6 is 11.6 Å². The molecular formula is C24H30ClN. The van der Waals surface area contributed by atoms with Crippen LogP contribution in [-0.2, 0) is 6.54 Å². The molecule has 2 heteroatoms. The summed E-state index contributed by atoms with van der Waals surface area (Å²) < 4.78 is 0. The monoisotopic (exact) mass is 367 g/mol. The number of hydrogen-bond acceptors (Lipinski definition) is 1. The third-order valence-corrected chi connectivity index (χ3v) is 6.78. The third-order valence-electron chi connectivity index (χ3n) is 6.45. The van der Waals surface area contributed by atoms with Crippen LogP contribution in [0.3, 0.4) is 0 Å². The Hall–Kier alpha value is -1.31. The maximum atomic E-state index is 6.69. The first-order valence-electron chi connectivity index (χ1n) is 10.3. The molecule has 138 valence electrons. The molecule has 2 saturated carbocycles. The molecule has 0 aromatic heterocycles. The molecule has 2 aliphatic rings. The molecule has 26 heavy (non-hydrogen) atoms. The maximum absolute atomic E-state index is 6.69. The lowest BCUT2D eigenvalue weighted by atomic mass is 9.83. The molecule has 1 N–H and O–H groups in total. The second-order valence-electron chi connectivity index (χ2n) is 8.28. The van der Waals surface area contributed by atoms with Crippen molar-refractivity contribution in [3.63, 3.8) is 0 Å². The largest absolute Gasteiger partial charge is 0.310 e. The van der Waals surface area contributed by atoms with E-state index in [1.165, 1.54) is 55.2 Å². The summed E-state index contributed by atoms with van der Waals surface area (Å²) in [6.45, 7) is 3.28. The van der Waals surface area contributed by atoms with Crippen LogP contribution in [0.2, 0.25) is 5.02 Å². The summed E-state index contributed by atoms with van der Waals surface area (Å²) in [4.78, 5) is 0. The van der Waals surface area contributed by atoms with Gasteiger partial charge in [-0.25, -0.2) is 0 Å². The SMILES string of the molecule is CC(NCc1ccccc1)C1CC1c1ccc(C2CCCCC2)c(Cl)c1. The lowest BCUT2D eigenvalue weighted by Crippen LogP contribution is -2.27. The van der Waals surface area contributed by atoms with Crippen LogP contribution in [-0.4, -0.2) is 6.04 Å². The van der Waals surface area contributed by atoms with Crippen LogP contribution in [0.5, 0.6) is 0 Å². The molecule has 0 amide bonds. The van der Waals surface area contributed by atoms with Gasteiger partial charge < -0.3 is 5.32 Å². The van der Waals surface area contributed by atoms with Gasteiger partial charge in [-0.15, -0.1) is 0 Å². The number of halogens is 1. The second-order valence-corrected chi connectivity index (χ2v) is 8.68. The molecular weight excluding hydrogens is 338 g/mol. The predicted octanol–water partition coefficient (Wildman–Crippen LogP) is 6.67. The lowest BCUT2D eigenvalue weighted by Gasteiger charge is -2.23. The van der Waals surface area contributed by atoms with Crippen LogP contribution in [0.4, 0.5) is 0 Å². The minimum atomic E-state index is 0.539. The van der Waals surface area contributed by atoms with Gasteiger partial charge in [0.25, 0.3) is 0 Å². The van der Waals surface area contributed by atoms with Gasteiger partial charge in [0.15, 0.2) is 0 Å². The van der Waals surface area contributed by atoms with Crippen molar-refractivity contribution >= 4 is 11.6 Å². The first-order valence-corrected chi connectivity index (χ1v) is 10.7. The van der Waals surface area contributed by atoms with Crippen LogP contribution in [0.25, 0.3) is 0 Å². The fraction of sp³-hybridized carbons (Fsp3) is 0.500. The molecule has 0 radical (unpaired) electrons. The van der Waals surface area contributed by atoms with E-state index in [0.717, 1.165) is 17.5 Å². The summed E-state index contributed by atoms with van der Waals surface area (Å²) in [5, 5.41) is 4.71. The van der Waals surface area contributed by atoms with Gasteiger partial charge in [-0.1, -0.05) is 73.3 Å². The van der Waals surface area contributed by atoms with Crippen LogP contribution in [0.1, 0.15) is 74.0 Å². The molecule has 0 saturated heterocycles. The summed E-state index contributed by atoms with van der Waals surface area (Å²) in [7, 11) is 0. The van der Waals surface area contributed by atoms with E-state index in [1.807, 2.05) is 0 Å². The zero-order valence-corrected chi connectivity index (χ0v) is 16.5. The minimum absolute atomic E-state index is 0.539. The van der Waals surface area contributed by atoms with Gasteiger partial charge in [-0.2, -0.15) is 0 Å². The molecule has 0 spiro atoms. The molecule has 2 aromatic carbocycles. The highest BCUT2D eigenvalue weighted by Gasteiger charge is 2.42. The van der Waals surface area contributed by atoms with Gasteiger partial charge in [0.2, 0.25) is 0 Å². The van der Waals surface area contributed by atoms with E-state index < -0.39 is 0 Å². The van der Waals surface area contributed by atoms with E-state index in [4.69, 9.17) is 11.6 Å².